The lowest BCUT2D eigenvalue weighted by molar-refractivity contribution is -0.125. The number of fused-ring (bicyclic) bond motifs is 1. The quantitative estimate of drug-likeness (QED) is 0.383. The van der Waals surface area contributed by atoms with Crippen molar-refractivity contribution in [3.05, 3.63) is 34.3 Å². The molecule has 6 nitrogen and oxygen atoms in total. The maximum absolute atomic E-state index is 12.7. The number of thiophene rings is 1. The zero-order valence-electron chi connectivity index (χ0n) is 21.3. The molecule has 8 heteroatoms. The molecule has 0 aliphatic carbocycles. The second-order valence-electron chi connectivity index (χ2n) is 10.3. The number of halogens is 1. The Hall–Kier alpha value is -2.12. The van der Waals surface area contributed by atoms with Gasteiger partial charge in [-0.15, -0.1) is 11.3 Å². The molecule has 1 unspecified atom stereocenters. The molecule has 1 amide bonds. The number of amides is 1. The van der Waals surface area contributed by atoms with Gasteiger partial charge in [-0.3, -0.25) is 4.79 Å². The van der Waals surface area contributed by atoms with Crippen LogP contribution >= 0.6 is 22.9 Å². The molecule has 2 N–H and O–H groups in total. The van der Waals surface area contributed by atoms with Gasteiger partial charge in [-0.2, -0.15) is 0 Å². The van der Waals surface area contributed by atoms with Crippen molar-refractivity contribution in [1.29, 1.82) is 0 Å². The van der Waals surface area contributed by atoms with E-state index in [9.17, 15) is 4.79 Å². The van der Waals surface area contributed by atoms with E-state index in [4.69, 9.17) is 16.6 Å². The summed E-state index contributed by atoms with van der Waals surface area (Å²) < 4.78 is 0. The molecule has 0 bridgehead atoms. The number of hydrogen-bond donors (Lipinski definition) is 2. The predicted molar refractivity (Wildman–Crippen MR) is 144 cm³/mol. The number of carbonyl (C=O) groups is 1. The van der Waals surface area contributed by atoms with E-state index in [1.165, 1.54) is 4.88 Å². The Kier molecular flexibility index (Phi) is 8.63. The molecule has 3 heterocycles. The minimum atomic E-state index is -0.287. The Morgan fingerprint density at radius 1 is 1.29 bits per heavy atom. The summed E-state index contributed by atoms with van der Waals surface area (Å²) in [5, 5.41) is 7.08. The molecular weight excluding hydrogens is 466 g/mol. The van der Waals surface area contributed by atoms with Gasteiger partial charge in [0.1, 0.15) is 11.7 Å². The van der Waals surface area contributed by atoms with E-state index < -0.39 is 0 Å². The minimum absolute atomic E-state index is 0.0229. The number of anilines is 1. The number of nitrogens with zero attached hydrogens (tertiary/aromatic N) is 3. The van der Waals surface area contributed by atoms with Crippen molar-refractivity contribution in [2.75, 3.05) is 11.9 Å². The van der Waals surface area contributed by atoms with Crippen LogP contribution in [0, 0.1) is 5.41 Å². The zero-order chi connectivity index (χ0) is 25.0. The standard InChI is InChI=1S/C26H38ClN5OS/c1-8-10-18(11-9-2)30-25-28-13-20(27)23(31-25)21-12-19-16(3)32(14-22(19)34-21)17(4)24(33)29-15-26(5,6)7/h12-13,17-18H,3,8-11,14-15H2,1-2,4-7H3,(H,29,33)(H,28,30,31). The van der Waals surface area contributed by atoms with Gasteiger partial charge in [0, 0.05) is 28.7 Å². The van der Waals surface area contributed by atoms with Crippen molar-refractivity contribution in [2.45, 2.75) is 85.9 Å². The van der Waals surface area contributed by atoms with Gasteiger partial charge in [-0.05, 0) is 31.2 Å². The van der Waals surface area contributed by atoms with E-state index in [0.717, 1.165) is 47.5 Å². The Balaban J connectivity index is 1.75. The van der Waals surface area contributed by atoms with Crippen LogP contribution in [0.4, 0.5) is 5.95 Å². The summed E-state index contributed by atoms with van der Waals surface area (Å²) in [6.07, 6.45) is 6.07. The van der Waals surface area contributed by atoms with Crippen molar-refractivity contribution in [2.24, 2.45) is 5.41 Å². The largest absolute Gasteiger partial charge is 0.355 e. The Labute approximate surface area is 213 Å². The monoisotopic (exact) mass is 503 g/mol. The van der Waals surface area contributed by atoms with Gasteiger partial charge in [0.15, 0.2) is 0 Å². The second-order valence-corrected chi connectivity index (χ2v) is 11.8. The van der Waals surface area contributed by atoms with Crippen LogP contribution in [0.25, 0.3) is 16.3 Å². The Morgan fingerprint density at radius 3 is 2.56 bits per heavy atom. The fraction of sp³-hybridized carbons (Fsp3) is 0.577. The highest BCUT2D eigenvalue weighted by molar-refractivity contribution is 7.15. The van der Waals surface area contributed by atoms with Crippen LogP contribution in [0.3, 0.4) is 0 Å². The van der Waals surface area contributed by atoms with E-state index in [1.807, 2.05) is 6.92 Å². The van der Waals surface area contributed by atoms with Gasteiger partial charge in [-0.1, -0.05) is 65.6 Å². The molecule has 0 saturated heterocycles. The number of nitrogens with one attached hydrogen (secondary N) is 2. The lowest BCUT2D eigenvalue weighted by atomic mass is 9.97. The molecule has 0 fully saturated rings. The summed E-state index contributed by atoms with van der Waals surface area (Å²) in [7, 11) is 0. The molecule has 1 atom stereocenters. The Morgan fingerprint density at radius 2 is 1.97 bits per heavy atom. The van der Waals surface area contributed by atoms with Crippen LogP contribution in [0.15, 0.2) is 18.8 Å². The summed E-state index contributed by atoms with van der Waals surface area (Å²) in [5.74, 6) is 0.638. The molecular formula is C26H38ClN5OS. The topological polar surface area (TPSA) is 70.2 Å². The van der Waals surface area contributed by atoms with Gasteiger partial charge in [0.05, 0.1) is 22.6 Å². The summed E-state index contributed by atoms with van der Waals surface area (Å²) in [5.41, 5.74) is 2.71. The predicted octanol–water partition coefficient (Wildman–Crippen LogP) is 6.58. The SMILES string of the molecule is C=C1c2cc(-c3nc(NC(CCC)CCC)ncc3Cl)sc2CN1C(C)C(=O)NCC(C)(C)C. The highest BCUT2D eigenvalue weighted by Gasteiger charge is 2.32. The molecule has 1 aliphatic heterocycles. The van der Waals surface area contributed by atoms with Gasteiger partial charge < -0.3 is 15.5 Å². The first-order valence-corrected chi connectivity index (χ1v) is 13.4. The van der Waals surface area contributed by atoms with Crippen LogP contribution in [0.5, 0.6) is 0 Å². The van der Waals surface area contributed by atoms with Gasteiger partial charge >= 0.3 is 0 Å². The third-order valence-electron chi connectivity index (χ3n) is 6.01. The van der Waals surface area contributed by atoms with Crippen molar-refractivity contribution < 1.29 is 4.79 Å². The molecule has 2 aromatic rings. The van der Waals surface area contributed by atoms with E-state index in [-0.39, 0.29) is 17.4 Å². The first-order chi connectivity index (χ1) is 16.0. The molecule has 0 saturated carbocycles. The highest BCUT2D eigenvalue weighted by atomic mass is 35.5. The maximum Gasteiger partial charge on any atom is 0.242 e. The van der Waals surface area contributed by atoms with Crippen molar-refractivity contribution in [3.8, 4) is 10.6 Å². The van der Waals surface area contributed by atoms with E-state index >= 15 is 0 Å². The average Bonchev–Trinajstić information content (AvgIpc) is 3.32. The normalized spacial score (nSPS) is 14.5. The molecule has 0 aromatic carbocycles. The first-order valence-electron chi connectivity index (χ1n) is 12.2. The van der Waals surface area contributed by atoms with Gasteiger partial charge in [0.2, 0.25) is 11.9 Å². The third-order valence-corrected chi connectivity index (χ3v) is 7.41. The summed E-state index contributed by atoms with van der Waals surface area (Å²) >= 11 is 8.16. The number of aromatic nitrogens is 2. The summed E-state index contributed by atoms with van der Waals surface area (Å²) in [6.45, 7) is 18.2. The van der Waals surface area contributed by atoms with Crippen molar-refractivity contribution in [1.82, 2.24) is 20.2 Å². The van der Waals surface area contributed by atoms with Gasteiger partial charge in [0.25, 0.3) is 0 Å². The number of carbonyl (C=O) groups excluding carboxylic acids is 1. The summed E-state index contributed by atoms with van der Waals surface area (Å²) in [6, 6.07) is 2.16. The number of rotatable bonds is 10. The maximum atomic E-state index is 12.7. The lowest BCUT2D eigenvalue weighted by Crippen LogP contribution is -2.44. The summed E-state index contributed by atoms with van der Waals surface area (Å²) in [4.78, 5) is 26.1. The fourth-order valence-corrected chi connectivity index (χ4v) is 5.54. The van der Waals surface area contributed by atoms with Crippen LogP contribution in [0.2, 0.25) is 5.02 Å². The van der Waals surface area contributed by atoms with E-state index in [1.54, 1.807) is 17.5 Å². The highest BCUT2D eigenvalue weighted by Crippen LogP contribution is 2.43. The molecule has 186 valence electrons. The minimum Gasteiger partial charge on any atom is -0.355 e. The van der Waals surface area contributed by atoms with Gasteiger partial charge in [-0.25, -0.2) is 9.97 Å². The molecule has 34 heavy (non-hydrogen) atoms. The van der Waals surface area contributed by atoms with Crippen LogP contribution < -0.4 is 10.6 Å². The molecule has 2 aromatic heterocycles. The third kappa shape index (κ3) is 6.30. The van der Waals surface area contributed by atoms with Crippen LogP contribution in [0.1, 0.15) is 77.7 Å². The molecule has 0 radical (unpaired) electrons. The molecule has 1 aliphatic rings. The van der Waals surface area contributed by atoms with Crippen molar-refractivity contribution in [3.63, 3.8) is 0 Å². The van der Waals surface area contributed by atoms with Crippen LogP contribution in [-0.4, -0.2) is 39.4 Å². The molecule has 3 rings (SSSR count). The van der Waals surface area contributed by atoms with E-state index in [2.05, 4.69) is 67.8 Å². The Bertz CT molecular complexity index is 1020. The fourth-order valence-electron chi connectivity index (χ4n) is 4.10. The van der Waals surface area contributed by atoms with Crippen LogP contribution in [-0.2, 0) is 11.3 Å². The molecule has 0 spiro atoms. The first kappa shape index (κ1) is 26.5. The smallest absolute Gasteiger partial charge is 0.242 e. The second kappa shape index (κ2) is 11.1. The number of hydrogen-bond acceptors (Lipinski definition) is 6. The van der Waals surface area contributed by atoms with E-state index in [0.29, 0.717) is 30.1 Å². The zero-order valence-corrected chi connectivity index (χ0v) is 22.9. The lowest BCUT2D eigenvalue weighted by Gasteiger charge is -2.28. The average molecular weight is 504 g/mol. The van der Waals surface area contributed by atoms with Crippen molar-refractivity contribution >= 4 is 40.5 Å².